The zero-order valence-corrected chi connectivity index (χ0v) is 12.2. The standard InChI is InChI=1S/C11H16ClN3O3S/c1-7(13)5-11(16)14-8-3-4-10(9(12)6-8)15-19(2,17)18/h3-4,6-7,15H,5,13H2,1-2H3,(H,14,16). The van der Waals surface area contributed by atoms with Gasteiger partial charge in [0.15, 0.2) is 0 Å². The summed E-state index contributed by atoms with van der Waals surface area (Å²) in [4.78, 5) is 11.5. The summed E-state index contributed by atoms with van der Waals surface area (Å²) in [7, 11) is -3.39. The van der Waals surface area contributed by atoms with Crippen molar-refractivity contribution in [1.29, 1.82) is 0 Å². The molecule has 0 radical (unpaired) electrons. The van der Waals surface area contributed by atoms with Gasteiger partial charge in [-0.2, -0.15) is 0 Å². The molecule has 1 unspecified atom stereocenters. The van der Waals surface area contributed by atoms with Crippen LogP contribution in [0.3, 0.4) is 0 Å². The van der Waals surface area contributed by atoms with Crippen LogP contribution in [0.4, 0.5) is 11.4 Å². The van der Waals surface area contributed by atoms with Crippen LogP contribution in [0.2, 0.25) is 5.02 Å². The van der Waals surface area contributed by atoms with Gasteiger partial charge in [-0.05, 0) is 25.1 Å². The van der Waals surface area contributed by atoms with Crippen LogP contribution in [-0.4, -0.2) is 26.6 Å². The molecule has 0 saturated carbocycles. The number of benzene rings is 1. The average Bonchev–Trinajstić information content (AvgIpc) is 2.19. The smallest absolute Gasteiger partial charge is 0.229 e. The highest BCUT2D eigenvalue weighted by molar-refractivity contribution is 7.92. The second-order valence-corrected chi connectivity index (χ2v) is 6.45. The fourth-order valence-corrected chi connectivity index (χ4v) is 2.24. The SMILES string of the molecule is CC(N)CC(=O)Nc1ccc(NS(C)(=O)=O)c(Cl)c1. The molecule has 0 saturated heterocycles. The van der Waals surface area contributed by atoms with Crippen molar-refractivity contribution in [3.8, 4) is 0 Å². The zero-order chi connectivity index (χ0) is 14.6. The Morgan fingerprint density at radius 3 is 2.58 bits per heavy atom. The molecule has 0 aliphatic carbocycles. The lowest BCUT2D eigenvalue weighted by Gasteiger charge is -2.10. The van der Waals surface area contributed by atoms with E-state index in [1.165, 1.54) is 12.1 Å². The van der Waals surface area contributed by atoms with E-state index in [1.807, 2.05) is 0 Å². The third-order valence-electron chi connectivity index (χ3n) is 2.06. The first-order valence-electron chi connectivity index (χ1n) is 5.50. The normalized spacial score (nSPS) is 12.8. The Bertz CT molecular complexity index is 573. The first-order chi connectivity index (χ1) is 8.67. The number of anilines is 2. The van der Waals surface area contributed by atoms with Gasteiger partial charge in [-0.3, -0.25) is 9.52 Å². The minimum absolute atomic E-state index is 0.195. The molecule has 0 heterocycles. The third kappa shape index (κ3) is 5.91. The van der Waals surface area contributed by atoms with Gasteiger partial charge < -0.3 is 11.1 Å². The van der Waals surface area contributed by atoms with Crippen LogP contribution in [0, 0.1) is 0 Å². The second kappa shape index (κ2) is 6.23. The van der Waals surface area contributed by atoms with E-state index in [0.29, 0.717) is 5.69 Å². The summed E-state index contributed by atoms with van der Waals surface area (Å²) in [5.74, 6) is -0.227. The van der Waals surface area contributed by atoms with E-state index in [1.54, 1.807) is 13.0 Å². The highest BCUT2D eigenvalue weighted by Gasteiger charge is 2.09. The van der Waals surface area contributed by atoms with Crippen LogP contribution < -0.4 is 15.8 Å². The van der Waals surface area contributed by atoms with Gasteiger partial charge in [0.05, 0.1) is 17.0 Å². The minimum atomic E-state index is -3.39. The number of sulfonamides is 1. The van der Waals surface area contributed by atoms with Crippen molar-refractivity contribution in [2.75, 3.05) is 16.3 Å². The number of hydrogen-bond donors (Lipinski definition) is 3. The van der Waals surface area contributed by atoms with Crippen molar-refractivity contribution < 1.29 is 13.2 Å². The molecule has 1 amide bonds. The first kappa shape index (κ1) is 15.7. The Labute approximate surface area is 117 Å². The number of nitrogens with two attached hydrogens (primary N) is 1. The van der Waals surface area contributed by atoms with Crippen molar-refractivity contribution >= 4 is 38.9 Å². The summed E-state index contributed by atoms with van der Waals surface area (Å²) in [5, 5.41) is 2.82. The molecule has 0 spiro atoms. The lowest BCUT2D eigenvalue weighted by molar-refractivity contribution is -0.116. The van der Waals surface area contributed by atoms with E-state index in [-0.39, 0.29) is 29.1 Å². The molecule has 0 fully saturated rings. The Morgan fingerprint density at radius 2 is 2.11 bits per heavy atom. The summed E-state index contributed by atoms with van der Waals surface area (Å²) < 4.78 is 24.4. The molecule has 0 aliphatic rings. The van der Waals surface area contributed by atoms with Gasteiger partial charge in [-0.25, -0.2) is 8.42 Å². The van der Waals surface area contributed by atoms with Gasteiger partial charge in [0.1, 0.15) is 0 Å². The molecule has 106 valence electrons. The highest BCUT2D eigenvalue weighted by atomic mass is 35.5. The van der Waals surface area contributed by atoms with E-state index in [4.69, 9.17) is 17.3 Å². The van der Waals surface area contributed by atoms with E-state index in [2.05, 4.69) is 10.0 Å². The number of amides is 1. The van der Waals surface area contributed by atoms with Crippen LogP contribution in [0.5, 0.6) is 0 Å². The Kier molecular flexibility index (Phi) is 5.16. The molecule has 0 aromatic heterocycles. The lowest BCUT2D eigenvalue weighted by atomic mass is 10.2. The van der Waals surface area contributed by atoms with E-state index < -0.39 is 10.0 Å². The van der Waals surface area contributed by atoms with Gasteiger partial charge >= 0.3 is 0 Å². The molecule has 19 heavy (non-hydrogen) atoms. The van der Waals surface area contributed by atoms with E-state index in [0.717, 1.165) is 6.26 Å². The van der Waals surface area contributed by atoms with Crippen molar-refractivity contribution in [2.24, 2.45) is 5.73 Å². The molecule has 1 rings (SSSR count). The van der Waals surface area contributed by atoms with Crippen LogP contribution in [-0.2, 0) is 14.8 Å². The predicted molar refractivity (Wildman–Crippen MR) is 76.8 cm³/mol. The van der Waals surface area contributed by atoms with E-state index >= 15 is 0 Å². The summed E-state index contributed by atoms with van der Waals surface area (Å²) in [6.07, 6.45) is 1.22. The second-order valence-electron chi connectivity index (χ2n) is 4.30. The van der Waals surface area contributed by atoms with Crippen molar-refractivity contribution in [2.45, 2.75) is 19.4 Å². The highest BCUT2D eigenvalue weighted by Crippen LogP contribution is 2.26. The molecule has 4 N–H and O–H groups in total. The quantitative estimate of drug-likeness (QED) is 0.765. The molecule has 1 atom stereocenters. The number of halogens is 1. The summed E-state index contributed by atoms with van der Waals surface area (Å²) >= 11 is 5.92. The summed E-state index contributed by atoms with van der Waals surface area (Å²) in [5.41, 5.74) is 6.25. The fourth-order valence-electron chi connectivity index (χ4n) is 1.38. The largest absolute Gasteiger partial charge is 0.327 e. The van der Waals surface area contributed by atoms with Crippen LogP contribution >= 0.6 is 11.6 Å². The number of carbonyl (C=O) groups excluding carboxylic acids is 1. The lowest BCUT2D eigenvalue weighted by Crippen LogP contribution is -2.24. The molecule has 6 nitrogen and oxygen atoms in total. The molecule has 1 aromatic carbocycles. The van der Waals surface area contributed by atoms with Gasteiger partial charge in [0, 0.05) is 18.2 Å². The van der Waals surface area contributed by atoms with Crippen LogP contribution in [0.1, 0.15) is 13.3 Å². The van der Waals surface area contributed by atoms with Gasteiger partial charge in [-0.15, -0.1) is 0 Å². The molecule has 8 heteroatoms. The Balaban J connectivity index is 2.80. The molecule has 0 bridgehead atoms. The molecule has 0 aliphatic heterocycles. The molecule has 1 aromatic rings. The summed E-state index contributed by atoms with van der Waals surface area (Å²) in [6, 6.07) is 4.26. The number of nitrogens with one attached hydrogen (secondary N) is 2. The topological polar surface area (TPSA) is 101 Å². The fraction of sp³-hybridized carbons (Fsp3) is 0.364. The van der Waals surface area contributed by atoms with E-state index in [9.17, 15) is 13.2 Å². The molecular formula is C11H16ClN3O3S. The van der Waals surface area contributed by atoms with Gasteiger partial charge in [-0.1, -0.05) is 11.6 Å². The third-order valence-corrected chi connectivity index (χ3v) is 2.96. The number of hydrogen-bond acceptors (Lipinski definition) is 4. The number of rotatable bonds is 5. The van der Waals surface area contributed by atoms with Crippen molar-refractivity contribution in [1.82, 2.24) is 0 Å². The van der Waals surface area contributed by atoms with Gasteiger partial charge in [0.25, 0.3) is 0 Å². The Hall–Kier alpha value is -1.31. The maximum Gasteiger partial charge on any atom is 0.229 e. The zero-order valence-electron chi connectivity index (χ0n) is 10.6. The average molecular weight is 306 g/mol. The van der Waals surface area contributed by atoms with Crippen molar-refractivity contribution in [3.63, 3.8) is 0 Å². The van der Waals surface area contributed by atoms with Crippen molar-refractivity contribution in [3.05, 3.63) is 23.2 Å². The maximum atomic E-state index is 11.5. The summed E-state index contributed by atoms with van der Waals surface area (Å²) in [6.45, 7) is 1.73. The predicted octanol–water partition coefficient (Wildman–Crippen LogP) is 1.39. The monoisotopic (exact) mass is 305 g/mol. The van der Waals surface area contributed by atoms with Crippen LogP contribution in [0.25, 0.3) is 0 Å². The maximum absolute atomic E-state index is 11.5. The van der Waals surface area contributed by atoms with Crippen LogP contribution in [0.15, 0.2) is 18.2 Å². The Morgan fingerprint density at radius 1 is 1.47 bits per heavy atom. The first-order valence-corrected chi connectivity index (χ1v) is 7.77. The molecular weight excluding hydrogens is 290 g/mol. The van der Waals surface area contributed by atoms with Gasteiger partial charge in [0.2, 0.25) is 15.9 Å². The number of carbonyl (C=O) groups is 1. The minimum Gasteiger partial charge on any atom is -0.327 e.